The highest BCUT2D eigenvalue weighted by Gasteiger charge is 2.26. The van der Waals surface area contributed by atoms with Gasteiger partial charge in [0.1, 0.15) is 5.75 Å². The first-order valence-electron chi connectivity index (χ1n) is 7.11. The smallest absolute Gasteiger partial charge is 0.213 e. The van der Waals surface area contributed by atoms with E-state index in [-0.39, 0.29) is 17.5 Å². The van der Waals surface area contributed by atoms with Crippen molar-refractivity contribution in [2.75, 3.05) is 18.8 Å². The fourth-order valence-electron chi connectivity index (χ4n) is 2.48. The fourth-order valence-corrected chi connectivity index (χ4v) is 4.02. The number of sulfonamides is 1. The second-order valence-electron chi connectivity index (χ2n) is 5.20. The number of halogens is 1. The summed E-state index contributed by atoms with van der Waals surface area (Å²) in [7, 11) is -3.06. The van der Waals surface area contributed by atoms with Gasteiger partial charge in [0.25, 0.3) is 0 Å². The molecule has 1 aromatic carbocycles. The van der Waals surface area contributed by atoms with Crippen LogP contribution in [0.3, 0.4) is 0 Å². The van der Waals surface area contributed by atoms with E-state index < -0.39 is 10.0 Å². The van der Waals surface area contributed by atoms with Crippen molar-refractivity contribution in [3.8, 4) is 5.75 Å². The van der Waals surface area contributed by atoms with Crippen LogP contribution < -0.4 is 5.32 Å². The van der Waals surface area contributed by atoms with Gasteiger partial charge in [-0.3, -0.25) is 0 Å². The second-order valence-corrected chi connectivity index (χ2v) is 8.31. The first-order chi connectivity index (χ1) is 9.94. The summed E-state index contributed by atoms with van der Waals surface area (Å²) in [6.45, 7) is 3.39. The Morgan fingerprint density at radius 3 is 2.67 bits per heavy atom. The van der Waals surface area contributed by atoms with Crippen molar-refractivity contribution in [1.29, 1.82) is 0 Å². The van der Waals surface area contributed by atoms with Gasteiger partial charge in [-0.05, 0) is 41.8 Å². The molecule has 7 heteroatoms. The number of aromatic hydroxyl groups is 1. The highest BCUT2D eigenvalue weighted by molar-refractivity contribution is 9.10. The number of nitrogens with zero attached hydrogens (tertiary/aromatic N) is 1. The quantitative estimate of drug-likeness (QED) is 0.824. The van der Waals surface area contributed by atoms with Crippen LogP contribution in [-0.2, 0) is 16.6 Å². The van der Waals surface area contributed by atoms with Crippen LogP contribution in [-0.4, -0.2) is 42.7 Å². The normalized spacial score (nSPS) is 18.0. The number of nitrogens with one attached hydrogen (secondary N) is 1. The molecule has 1 heterocycles. The maximum absolute atomic E-state index is 11.8. The Morgan fingerprint density at radius 2 is 2.05 bits per heavy atom. The summed E-state index contributed by atoms with van der Waals surface area (Å²) in [6.07, 6.45) is 1.60. The number of rotatable bonds is 5. The SMILES string of the molecule is CCS(=O)(=O)N1CCC(NCc2cccc(Br)c2O)CC1. The van der Waals surface area contributed by atoms with Crippen molar-refractivity contribution in [3.63, 3.8) is 0 Å². The van der Waals surface area contributed by atoms with Gasteiger partial charge in [-0.1, -0.05) is 12.1 Å². The van der Waals surface area contributed by atoms with E-state index in [1.807, 2.05) is 12.1 Å². The lowest BCUT2D eigenvalue weighted by molar-refractivity contribution is 0.288. The molecule has 1 aliphatic heterocycles. The molecular weight excluding hydrogens is 356 g/mol. The molecule has 118 valence electrons. The van der Waals surface area contributed by atoms with Gasteiger partial charge >= 0.3 is 0 Å². The summed E-state index contributed by atoms with van der Waals surface area (Å²) in [5.41, 5.74) is 0.841. The Balaban J connectivity index is 1.86. The Kier molecular flexibility index (Phi) is 5.65. The van der Waals surface area contributed by atoms with E-state index in [2.05, 4.69) is 21.2 Å². The van der Waals surface area contributed by atoms with Crippen molar-refractivity contribution in [2.24, 2.45) is 0 Å². The van der Waals surface area contributed by atoms with Crippen LogP contribution in [0.2, 0.25) is 0 Å². The minimum atomic E-state index is -3.06. The average Bonchev–Trinajstić information content (AvgIpc) is 2.49. The summed E-state index contributed by atoms with van der Waals surface area (Å²) in [6, 6.07) is 5.85. The van der Waals surface area contributed by atoms with Gasteiger partial charge in [-0.25, -0.2) is 12.7 Å². The van der Waals surface area contributed by atoms with Crippen molar-refractivity contribution in [1.82, 2.24) is 9.62 Å². The average molecular weight is 377 g/mol. The van der Waals surface area contributed by atoms with Crippen molar-refractivity contribution >= 4 is 26.0 Å². The lowest BCUT2D eigenvalue weighted by atomic mass is 10.1. The molecule has 0 radical (unpaired) electrons. The lowest BCUT2D eigenvalue weighted by Gasteiger charge is -2.31. The molecular formula is C14H21BrN2O3S. The number of phenols is 1. The molecule has 0 spiro atoms. The van der Waals surface area contributed by atoms with Gasteiger partial charge in [-0.2, -0.15) is 0 Å². The molecule has 5 nitrogen and oxygen atoms in total. The molecule has 0 amide bonds. The van der Waals surface area contributed by atoms with E-state index >= 15 is 0 Å². The predicted molar refractivity (Wildman–Crippen MR) is 86.7 cm³/mol. The highest BCUT2D eigenvalue weighted by atomic mass is 79.9. The maximum Gasteiger partial charge on any atom is 0.213 e. The van der Waals surface area contributed by atoms with Crippen LogP contribution >= 0.6 is 15.9 Å². The van der Waals surface area contributed by atoms with E-state index in [9.17, 15) is 13.5 Å². The number of phenolic OH excluding ortho intramolecular Hbond substituents is 1. The van der Waals surface area contributed by atoms with Gasteiger partial charge in [-0.15, -0.1) is 0 Å². The molecule has 1 fully saturated rings. The molecule has 0 atom stereocenters. The molecule has 1 saturated heterocycles. The van der Waals surface area contributed by atoms with Crippen molar-refractivity contribution < 1.29 is 13.5 Å². The summed E-state index contributed by atoms with van der Waals surface area (Å²) >= 11 is 3.30. The fraction of sp³-hybridized carbons (Fsp3) is 0.571. The molecule has 0 aromatic heterocycles. The van der Waals surface area contributed by atoms with Gasteiger partial charge < -0.3 is 10.4 Å². The highest BCUT2D eigenvalue weighted by Crippen LogP contribution is 2.27. The number of para-hydroxylation sites is 1. The standard InChI is InChI=1S/C14H21BrN2O3S/c1-2-21(19,20)17-8-6-12(7-9-17)16-10-11-4-3-5-13(15)14(11)18/h3-5,12,16,18H,2,6-10H2,1H3. The Bertz CT molecular complexity index is 584. The predicted octanol–water partition coefficient (Wildman–Crippen LogP) is 2.06. The van der Waals surface area contributed by atoms with Crippen LogP contribution in [0.15, 0.2) is 22.7 Å². The third kappa shape index (κ3) is 4.18. The topological polar surface area (TPSA) is 69.6 Å². The van der Waals surface area contributed by atoms with Crippen molar-refractivity contribution in [3.05, 3.63) is 28.2 Å². The summed E-state index contributed by atoms with van der Waals surface area (Å²) < 4.78 is 25.8. The minimum absolute atomic E-state index is 0.164. The van der Waals surface area contributed by atoms with E-state index in [1.165, 1.54) is 0 Å². The van der Waals surface area contributed by atoms with E-state index in [4.69, 9.17) is 0 Å². The molecule has 0 aliphatic carbocycles. The van der Waals surface area contributed by atoms with E-state index in [0.29, 0.717) is 24.1 Å². The summed E-state index contributed by atoms with van der Waals surface area (Å²) in [4.78, 5) is 0. The minimum Gasteiger partial charge on any atom is -0.506 e. The van der Waals surface area contributed by atoms with Crippen LogP contribution in [0, 0.1) is 0 Å². The summed E-state index contributed by atoms with van der Waals surface area (Å²) in [5.74, 6) is 0.424. The Hall–Kier alpha value is -0.630. The zero-order valence-electron chi connectivity index (χ0n) is 12.0. The number of hydrogen-bond donors (Lipinski definition) is 2. The molecule has 2 N–H and O–H groups in total. The Labute approximate surface area is 134 Å². The first-order valence-corrected chi connectivity index (χ1v) is 9.52. The van der Waals surface area contributed by atoms with Gasteiger partial charge in [0.05, 0.1) is 10.2 Å². The molecule has 1 aromatic rings. The van der Waals surface area contributed by atoms with Gasteiger partial charge in [0, 0.05) is 31.2 Å². The number of piperidine rings is 1. The number of hydrogen-bond acceptors (Lipinski definition) is 4. The van der Waals surface area contributed by atoms with Crippen LogP contribution in [0.5, 0.6) is 5.75 Å². The monoisotopic (exact) mass is 376 g/mol. The van der Waals surface area contributed by atoms with E-state index in [1.54, 1.807) is 17.3 Å². The third-order valence-corrected chi connectivity index (χ3v) is 6.39. The van der Waals surface area contributed by atoms with Gasteiger partial charge in [0.15, 0.2) is 0 Å². The second kappa shape index (κ2) is 7.09. The van der Waals surface area contributed by atoms with Crippen molar-refractivity contribution in [2.45, 2.75) is 32.4 Å². The Morgan fingerprint density at radius 1 is 1.38 bits per heavy atom. The number of benzene rings is 1. The van der Waals surface area contributed by atoms with Crippen LogP contribution in [0.1, 0.15) is 25.3 Å². The van der Waals surface area contributed by atoms with Gasteiger partial charge in [0.2, 0.25) is 10.0 Å². The molecule has 0 bridgehead atoms. The lowest BCUT2D eigenvalue weighted by Crippen LogP contribution is -2.45. The molecule has 2 rings (SSSR count). The molecule has 0 unspecified atom stereocenters. The van der Waals surface area contributed by atoms with Crippen LogP contribution in [0.25, 0.3) is 0 Å². The van der Waals surface area contributed by atoms with Crippen LogP contribution in [0.4, 0.5) is 0 Å². The third-order valence-electron chi connectivity index (χ3n) is 3.86. The molecule has 1 aliphatic rings. The van der Waals surface area contributed by atoms with E-state index in [0.717, 1.165) is 18.4 Å². The zero-order chi connectivity index (χ0) is 15.5. The maximum atomic E-state index is 11.8. The summed E-state index contributed by atoms with van der Waals surface area (Å²) in [5, 5.41) is 13.3. The first kappa shape index (κ1) is 16.7. The molecule has 0 saturated carbocycles. The zero-order valence-corrected chi connectivity index (χ0v) is 14.5. The molecule has 21 heavy (non-hydrogen) atoms. The largest absolute Gasteiger partial charge is 0.506 e.